The Balaban J connectivity index is 1.76. The Hall–Kier alpha value is -3.01. The molecule has 0 saturated carbocycles. The van der Waals surface area contributed by atoms with Gasteiger partial charge in [-0.05, 0) is 49.7 Å². The molecule has 33 heavy (non-hydrogen) atoms. The molecule has 174 valence electrons. The minimum Gasteiger partial charge on any atom is -0.484 e. The number of nitrogens with one attached hydrogen (secondary N) is 1. The molecule has 0 aliphatic rings. The molecule has 1 aromatic carbocycles. The predicted molar refractivity (Wildman–Crippen MR) is 124 cm³/mol. The minimum absolute atomic E-state index is 0.0182. The maximum Gasteiger partial charge on any atom is 0.348 e. The Morgan fingerprint density at radius 1 is 1.12 bits per heavy atom. The number of methoxy groups -OCH3 is 1. The largest absolute Gasteiger partial charge is 0.484 e. The first-order valence-corrected chi connectivity index (χ1v) is 11.2. The maximum absolute atomic E-state index is 12.7. The number of amides is 1. The minimum atomic E-state index is -0.692. The van der Waals surface area contributed by atoms with E-state index in [1.807, 2.05) is 0 Å². The lowest BCUT2D eigenvalue weighted by Gasteiger charge is -2.06. The second-order valence-electron chi connectivity index (χ2n) is 6.56. The van der Waals surface area contributed by atoms with Crippen molar-refractivity contribution in [3.63, 3.8) is 0 Å². The first-order valence-electron chi connectivity index (χ1n) is 9.61. The average Bonchev–Trinajstić information content (AvgIpc) is 3.37. The first-order chi connectivity index (χ1) is 15.7. The number of halogens is 2. The van der Waals surface area contributed by atoms with Crippen molar-refractivity contribution in [2.75, 3.05) is 19.0 Å². The van der Waals surface area contributed by atoms with Crippen LogP contribution in [0.5, 0.6) is 5.75 Å². The van der Waals surface area contributed by atoms with Crippen molar-refractivity contribution in [1.29, 1.82) is 0 Å². The number of esters is 2. The summed E-state index contributed by atoms with van der Waals surface area (Å²) in [6.45, 7) is 3.44. The number of furan rings is 1. The molecule has 2 aromatic heterocycles. The summed E-state index contributed by atoms with van der Waals surface area (Å²) >= 11 is 12.9. The van der Waals surface area contributed by atoms with Crippen LogP contribution < -0.4 is 10.1 Å². The molecular weight excluding hydrogens is 493 g/mol. The van der Waals surface area contributed by atoms with Crippen molar-refractivity contribution < 1.29 is 33.0 Å². The molecule has 0 unspecified atom stereocenters. The van der Waals surface area contributed by atoms with Crippen molar-refractivity contribution in [2.24, 2.45) is 0 Å². The van der Waals surface area contributed by atoms with Gasteiger partial charge in [0.05, 0.1) is 24.3 Å². The molecule has 1 N–H and O–H groups in total. The molecule has 0 saturated heterocycles. The lowest BCUT2D eigenvalue weighted by Crippen LogP contribution is -2.13. The summed E-state index contributed by atoms with van der Waals surface area (Å²) in [4.78, 5) is 37.4. The summed E-state index contributed by atoms with van der Waals surface area (Å²) in [6.07, 6.45) is 0. The highest BCUT2D eigenvalue weighted by Gasteiger charge is 2.27. The number of benzene rings is 1. The van der Waals surface area contributed by atoms with Gasteiger partial charge in [0.25, 0.3) is 5.91 Å². The molecule has 1 amide bonds. The van der Waals surface area contributed by atoms with Crippen molar-refractivity contribution in [3.05, 3.63) is 67.9 Å². The van der Waals surface area contributed by atoms with Gasteiger partial charge in [0, 0.05) is 5.02 Å². The Labute approximate surface area is 203 Å². The smallest absolute Gasteiger partial charge is 0.348 e. The van der Waals surface area contributed by atoms with E-state index in [9.17, 15) is 14.4 Å². The van der Waals surface area contributed by atoms with Gasteiger partial charge in [-0.3, -0.25) is 4.79 Å². The topological polar surface area (TPSA) is 104 Å². The predicted octanol–water partition coefficient (Wildman–Crippen LogP) is 5.75. The Morgan fingerprint density at radius 2 is 1.88 bits per heavy atom. The van der Waals surface area contributed by atoms with Crippen molar-refractivity contribution in [3.8, 4) is 5.75 Å². The van der Waals surface area contributed by atoms with Gasteiger partial charge in [-0.15, -0.1) is 11.3 Å². The van der Waals surface area contributed by atoms with Crippen LogP contribution in [0.15, 0.2) is 34.7 Å². The summed E-state index contributed by atoms with van der Waals surface area (Å²) in [7, 11) is 1.21. The molecule has 0 aliphatic carbocycles. The summed E-state index contributed by atoms with van der Waals surface area (Å²) in [5.74, 6) is -1.14. The van der Waals surface area contributed by atoms with E-state index >= 15 is 0 Å². The van der Waals surface area contributed by atoms with Crippen LogP contribution in [0.3, 0.4) is 0 Å². The molecule has 0 bridgehead atoms. The number of carbonyl (C=O) groups excluding carboxylic acids is 3. The summed E-state index contributed by atoms with van der Waals surface area (Å²) in [6, 6.07) is 7.84. The zero-order valence-corrected chi connectivity index (χ0v) is 20.2. The fraction of sp³-hybridized carbons (Fsp3) is 0.227. The molecular formula is C22H19Cl2NO7S. The summed E-state index contributed by atoms with van der Waals surface area (Å²) < 4.78 is 21.0. The number of hydrogen-bond acceptors (Lipinski definition) is 8. The SMILES string of the molecule is CCOC(=O)c1sc(NC(=O)c2ccc(COc3ccc(Cl)cc3Cl)o2)c(C(=O)OC)c1C. The van der Waals surface area contributed by atoms with Crippen LogP contribution in [0.2, 0.25) is 10.0 Å². The molecule has 0 spiro atoms. The number of rotatable bonds is 8. The van der Waals surface area contributed by atoms with Crippen molar-refractivity contribution in [1.82, 2.24) is 0 Å². The van der Waals surface area contributed by atoms with Gasteiger partial charge in [-0.2, -0.15) is 0 Å². The zero-order valence-electron chi connectivity index (χ0n) is 17.8. The van der Waals surface area contributed by atoms with Gasteiger partial charge in [0.2, 0.25) is 0 Å². The lowest BCUT2D eigenvalue weighted by atomic mass is 10.1. The van der Waals surface area contributed by atoms with Gasteiger partial charge >= 0.3 is 11.9 Å². The standard InChI is InChI=1S/C22H19Cl2NO7S/c1-4-30-22(28)18-11(2)17(21(27)29-3)20(33-18)25-19(26)16-8-6-13(32-16)10-31-15-7-5-12(23)9-14(15)24/h5-9H,4,10H2,1-3H3,(H,25,26). The van der Waals surface area contributed by atoms with E-state index in [1.54, 1.807) is 38.1 Å². The van der Waals surface area contributed by atoms with Crippen LogP contribution in [0, 0.1) is 6.92 Å². The van der Waals surface area contributed by atoms with Crippen LogP contribution in [-0.4, -0.2) is 31.6 Å². The third-order valence-corrected chi connectivity index (χ3v) is 6.09. The Bertz CT molecular complexity index is 1200. The van der Waals surface area contributed by atoms with Gasteiger partial charge < -0.3 is 23.9 Å². The second-order valence-corrected chi connectivity index (χ2v) is 8.42. The maximum atomic E-state index is 12.7. The van der Waals surface area contributed by atoms with E-state index in [1.165, 1.54) is 13.2 Å². The van der Waals surface area contributed by atoms with E-state index in [4.69, 9.17) is 41.8 Å². The van der Waals surface area contributed by atoms with Crippen LogP contribution in [0.4, 0.5) is 5.00 Å². The highest BCUT2D eigenvalue weighted by atomic mass is 35.5. The number of thiophene rings is 1. The molecule has 11 heteroatoms. The van der Waals surface area contributed by atoms with Crippen LogP contribution in [0.25, 0.3) is 0 Å². The van der Waals surface area contributed by atoms with Gasteiger partial charge in [0.15, 0.2) is 5.76 Å². The molecule has 0 atom stereocenters. The molecule has 2 heterocycles. The van der Waals surface area contributed by atoms with Crippen LogP contribution >= 0.6 is 34.5 Å². The van der Waals surface area contributed by atoms with Crippen LogP contribution in [-0.2, 0) is 16.1 Å². The van der Waals surface area contributed by atoms with Gasteiger partial charge in [-0.1, -0.05) is 23.2 Å². The molecule has 3 aromatic rings. The summed E-state index contributed by atoms with van der Waals surface area (Å²) in [5, 5.41) is 3.57. The third-order valence-electron chi connectivity index (χ3n) is 4.37. The Kier molecular flexibility index (Phi) is 8.01. The highest BCUT2D eigenvalue weighted by molar-refractivity contribution is 7.18. The third kappa shape index (κ3) is 5.68. The molecule has 0 aliphatic heterocycles. The van der Waals surface area contributed by atoms with Gasteiger partial charge in [0.1, 0.15) is 28.0 Å². The van der Waals surface area contributed by atoms with E-state index in [2.05, 4.69) is 5.32 Å². The van der Waals surface area contributed by atoms with Gasteiger partial charge in [-0.25, -0.2) is 9.59 Å². The molecule has 0 radical (unpaired) electrons. The number of ether oxygens (including phenoxy) is 3. The molecule has 0 fully saturated rings. The Morgan fingerprint density at radius 3 is 2.55 bits per heavy atom. The lowest BCUT2D eigenvalue weighted by molar-refractivity contribution is 0.0531. The zero-order chi connectivity index (χ0) is 24.1. The fourth-order valence-electron chi connectivity index (χ4n) is 2.82. The molecule has 3 rings (SSSR count). The van der Waals surface area contributed by atoms with Crippen molar-refractivity contribution >= 4 is 57.4 Å². The van der Waals surface area contributed by atoms with Crippen molar-refractivity contribution in [2.45, 2.75) is 20.5 Å². The van der Waals surface area contributed by atoms with E-state index < -0.39 is 17.8 Å². The molecule has 8 nitrogen and oxygen atoms in total. The monoisotopic (exact) mass is 511 g/mol. The quantitative estimate of drug-likeness (QED) is 0.383. The number of anilines is 1. The van der Waals surface area contributed by atoms with E-state index in [-0.39, 0.29) is 34.4 Å². The number of carbonyl (C=O) groups is 3. The highest BCUT2D eigenvalue weighted by Crippen LogP contribution is 2.35. The van der Waals surface area contributed by atoms with Crippen LogP contribution in [0.1, 0.15) is 48.8 Å². The number of hydrogen-bond donors (Lipinski definition) is 1. The first kappa shape index (κ1) is 24.6. The second kappa shape index (κ2) is 10.7. The van der Waals surface area contributed by atoms with E-state index in [0.717, 1.165) is 11.3 Å². The summed E-state index contributed by atoms with van der Waals surface area (Å²) in [5.41, 5.74) is 0.431. The van der Waals surface area contributed by atoms with E-state index in [0.29, 0.717) is 27.1 Å². The fourth-order valence-corrected chi connectivity index (χ4v) is 4.37. The average molecular weight is 512 g/mol. The normalized spacial score (nSPS) is 10.6.